The molecule has 0 aliphatic heterocycles. The van der Waals surface area contributed by atoms with Crippen LogP contribution < -0.4 is 11.1 Å². The second-order valence-corrected chi connectivity index (χ2v) is 5.79. The molecule has 0 amide bonds. The Balaban J connectivity index is 1.98. The van der Waals surface area contributed by atoms with E-state index in [4.69, 9.17) is 5.73 Å². The molecule has 0 saturated carbocycles. The Bertz CT molecular complexity index is 589. The lowest BCUT2D eigenvalue weighted by Gasteiger charge is -2.40. The van der Waals surface area contributed by atoms with Crippen molar-refractivity contribution in [1.82, 2.24) is 0 Å². The number of aryl methyl sites for hydroxylation is 2. The Kier molecular flexibility index (Phi) is 3.49. The van der Waals surface area contributed by atoms with E-state index >= 15 is 0 Å². The first-order valence-corrected chi connectivity index (χ1v) is 7.37. The van der Waals surface area contributed by atoms with Gasteiger partial charge in [-0.25, -0.2) is 0 Å². The van der Waals surface area contributed by atoms with Crippen LogP contribution >= 0.6 is 0 Å². The molecule has 20 heavy (non-hydrogen) atoms. The van der Waals surface area contributed by atoms with Crippen LogP contribution in [-0.2, 0) is 12.0 Å². The summed E-state index contributed by atoms with van der Waals surface area (Å²) in [5.74, 6) is 0. The summed E-state index contributed by atoms with van der Waals surface area (Å²) in [6.45, 7) is 2.73. The number of nitrogens with one attached hydrogen (secondary N) is 1. The molecule has 0 bridgehead atoms. The molecule has 0 fully saturated rings. The Morgan fingerprint density at radius 3 is 2.60 bits per heavy atom. The smallest absolute Gasteiger partial charge is 0.0750 e. The van der Waals surface area contributed by atoms with Gasteiger partial charge in [0.2, 0.25) is 0 Å². The van der Waals surface area contributed by atoms with Crippen LogP contribution in [0.2, 0.25) is 0 Å². The zero-order valence-electron chi connectivity index (χ0n) is 12.0. The van der Waals surface area contributed by atoms with Crippen molar-refractivity contribution in [2.45, 2.75) is 31.7 Å². The maximum Gasteiger partial charge on any atom is 0.0750 e. The van der Waals surface area contributed by atoms with Crippen LogP contribution in [0.1, 0.15) is 29.5 Å². The molecule has 0 saturated heterocycles. The van der Waals surface area contributed by atoms with Crippen molar-refractivity contribution in [2.75, 3.05) is 11.9 Å². The Morgan fingerprint density at radius 1 is 1.10 bits per heavy atom. The average molecular weight is 266 g/mol. The third-order valence-electron chi connectivity index (χ3n) is 4.37. The van der Waals surface area contributed by atoms with Crippen LogP contribution in [0.25, 0.3) is 0 Å². The van der Waals surface area contributed by atoms with E-state index in [0.29, 0.717) is 6.54 Å². The molecule has 3 N–H and O–H groups in total. The number of hydrogen-bond acceptors (Lipinski definition) is 2. The van der Waals surface area contributed by atoms with Crippen LogP contribution in [0.5, 0.6) is 0 Å². The van der Waals surface area contributed by atoms with Crippen molar-refractivity contribution in [2.24, 2.45) is 5.73 Å². The van der Waals surface area contributed by atoms with Crippen molar-refractivity contribution < 1.29 is 0 Å². The molecule has 0 aromatic heterocycles. The van der Waals surface area contributed by atoms with Gasteiger partial charge in [0.05, 0.1) is 5.54 Å². The minimum absolute atomic E-state index is 0.121. The maximum absolute atomic E-state index is 6.17. The van der Waals surface area contributed by atoms with Crippen LogP contribution in [0.15, 0.2) is 48.5 Å². The lowest BCUT2D eigenvalue weighted by atomic mass is 9.76. The topological polar surface area (TPSA) is 38.0 Å². The lowest BCUT2D eigenvalue weighted by molar-refractivity contribution is 0.417. The molecule has 3 rings (SSSR count). The lowest BCUT2D eigenvalue weighted by Crippen LogP contribution is -2.45. The second-order valence-electron chi connectivity index (χ2n) is 5.79. The van der Waals surface area contributed by atoms with Crippen LogP contribution in [0.4, 0.5) is 5.69 Å². The number of anilines is 1. The SMILES string of the molecule is Cc1ccc(NC2(CN)CCCc3ccccc32)cc1. The van der Waals surface area contributed by atoms with Crippen molar-refractivity contribution in [3.05, 3.63) is 65.2 Å². The van der Waals surface area contributed by atoms with Gasteiger partial charge in [0.1, 0.15) is 0 Å². The van der Waals surface area contributed by atoms with E-state index in [1.165, 1.54) is 23.1 Å². The van der Waals surface area contributed by atoms with Crippen molar-refractivity contribution in [1.29, 1.82) is 0 Å². The monoisotopic (exact) mass is 266 g/mol. The minimum Gasteiger partial charge on any atom is -0.374 e. The van der Waals surface area contributed by atoms with Gasteiger partial charge in [-0.15, -0.1) is 0 Å². The van der Waals surface area contributed by atoms with E-state index in [-0.39, 0.29) is 5.54 Å². The number of rotatable bonds is 3. The molecular formula is C18H22N2. The molecule has 0 heterocycles. The molecule has 1 aliphatic carbocycles. The average Bonchev–Trinajstić information content (AvgIpc) is 2.50. The number of nitrogens with two attached hydrogens (primary N) is 1. The Hall–Kier alpha value is -1.80. The molecule has 1 aliphatic rings. The normalized spacial score (nSPS) is 21.3. The van der Waals surface area contributed by atoms with Gasteiger partial charge in [0.25, 0.3) is 0 Å². The van der Waals surface area contributed by atoms with E-state index in [1.54, 1.807) is 0 Å². The largest absolute Gasteiger partial charge is 0.374 e. The summed E-state index contributed by atoms with van der Waals surface area (Å²) in [5, 5.41) is 3.70. The third kappa shape index (κ3) is 2.32. The van der Waals surface area contributed by atoms with E-state index in [9.17, 15) is 0 Å². The molecule has 2 aromatic rings. The zero-order valence-corrected chi connectivity index (χ0v) is 12.0. The Labute approximate surface area is 121 Å². The Morgan fingerprint density at radius 2 is 1.85 bits per heavy atom. The van der Waals surface area contributed by atoms with Gasteiger partial charge in [-0.3, -0.25) is 0 Å². The minimum atomic E-state index is -0.121. The summed E-state index contributed by atoms with van der Waals surface area (Å²) in [6, 6.07) is 17.3. The predicted molar refractivity (Wildman–Crippen MR) is 84.9 cm³/mol. The standard InChI is InChI=1S/C18H22N2/c1-14-8-10-16(11-9-14)20-18(13-19)12-4-6-15-5-2-3-7-17(15)18/h2-3,5,7-11,20H,4,6,12-13,19H2,1H3. The molecule has 1 unspecified atom stereocenters. The summed E-state index contributed by atoms with van der Waals surface area (Å²) in [7, 11) is 0. The highest BCUT2D eigenvalue weighted by atomic mass is 15.0. The zero-order chi connectivity index (χ0) is 14.0. The summed E-state index contributed by atoms with van der Waals surface area (Å²) in [4.78, 5) is 0. The molecule has 0 radical (unpaired) electrons. The van der Waals surface area contributed by atoms with E-state index in [0.717, 1.165) is 18.5 Å². The summed E-state index contributed by atoms with van der Waals surface area (Å²) in [6.07, 6.45) is 3.44. The molecule has 2 nitrogen and oxygen atoms in total. The molecule has 1 atom stereocenters. The van der Waals surface area contributed by atoms with Crippen molar-refractivity contribution >= 4 is 5.69 Å². The fourth-order valence-electron chi connectivity index (χ4n) is 3.23. The maximum atomic E-state index is 6.17. The van der Waals surface area contributed by atoms with Gasteiger partial charge in [0.15, 0.2) is 0 Å². The van der Waals surface area contributed by atoms with Gasteiger partial charge >= 0.3 is 0 Å². The van der Waals surface area contributed by atoms with Gasteiger partial charge < -0.3 is 11.1 Å². The fraction of sp³-hybridized carbons (Fsp3) is 0.333. The summed E-state index contributed by atoms with van der Waals surface area (Å²) in [5.41, 5.74) is 11.3. The van der Waals surface area contributed by atoms with Gasteiger partial charge in [0, 0.05) is 12.2 Å². The molecular weight excluding hydrogens is 244 g/mol. The summed E-state index contributed by atoms with van der Waals surface area (Å²) < 4.78 is 0. The van der Waals surface area contributed by atoms with Gasteiger partial charge in [-0.1, -0.05) is 42.0 Å². The van der Waals surface area contributed by atoms with Crippen LogP contribution in [0.3, 0.4) is 0 Å². The van der Waals surface area contributed by atoms with E-state index in [1.807, 2.05) is 0 Å². The van der Waals surface area contributed by atoms with Gasteiger partial charge in [-0.2, -0.15) is 0 Å². The molecule has 2 heteroatoms. The van der Waals surface area contributed by atoms with E-state index < -0.39 is 0 Å². The highest BCUT2D eigenvalue weighted by Crippen LogP contribution is 2.37. The molecule has 0 spiro atoms. The molecule has 104 valence electrons. The summed E-state index contributed by atoms with van der Waals surface area (Å²) >= 11 is 0. The fourth-order valence-corrected chi connectivity index (χ4v) is 3.23. The number of fused-ring (bicyclic) bond motifs is 1. The van der Waals surface area contributed by atoms with E-state index in [2.05, 4.69) is 60.8 Å². The van der Waals surface area contributed by atoms with Crippen LogP contribution in [-0.4, -0.2) is 6.54 Å². The highest BCUT2D eigenvalue weighted by molar-refractivity contribution is 5.51. The highest BCUT2D eigenvalue weighted by Gasteiger charge is 2.34. The van der Waals surface area contributed by atoms with Crippen molar-refractivity contribution in [3.8, 4) is 0 Å². The first-order chi connectivity index (χ1) is 9.73. The molecule has 2 aromatic carbocycles. The van der Waals surface area contributed by atoms with Crippen molar-refractivity contribution in [3.63, 3.8) is 0 Å². The predicted octanol–water partition coefficient (Wildman–Crippen LogP) is 3.60. The third-order valence-corrected chi connectivity index (χ3v) is 4.37. The van der Waals surface area contributed by atoms with Gasteiger partial charge in [-0.05, 0) is 49.4 Å². The van der Waals surface area contributed by atoms with Crippen LogP contribution in [0, 0.1) is 6.92 Å². The quantitative estimate of drug-likeness (QED) is 0.891. The number of hydrogen-bond donors (Lipinski definition) is 2. The first-order valence-electron chi connectivity index (χ1n) is 7.37. The number of benzene rings is 2. The first kappa shape index (κ1) is 13.2. The second kappa shape index (κ2) is 5.29.